The molecular formula is C29H29FN6O6S. The van der Waals surface area contributed by atoms with Crippen molar-refractivity contribution < 1.29 is 33.2 Å². The first-order chi connectivity index (χ1) is 20.6. The van der Waals surface area contributed by atoms with Gasteiger partial charge in [-0.05, 0) is 38.5 Å². The van der Waals surface area contributed by atoms with Crippen molar-refractivity contribution in [2.75, 3.05) is 32.2 Å². The van der Waals surface area contributed by atoms with E-state index in [9.17, 15) is 14.3 Å². The fourth-order valence-corrected chi connectivity index (χ4v) is 4.95. The van der Waals surface area contributed by atoms with Gasteiger partial charge in [-0.15, -0.1) is 11.3 Å². The molecule has 5 rings (SSSR count). The number of carbonyl (C=O) groups excluding carboxylic acids is 1. The zero-order valence-corrected chi connectivity index (χ0v) is 24.7. The molecule has 2 N–H and O–H groups in total. The van der Waals surface area contributed by atoms with Crippen LogP contribution in [0, 0.1) is 12.7 Å². The normalized spacial score (nSPS) is 11.5. The van der Waals surface area contributed by atoms with Crippen LogP contribution in [0.3, 0.4) is 0 Å². The van der Waals surface area contributed by atoms with Gasteiger partial charge in [0.25, 0.3) is 0 Å². The summed E-state index contributed by atoms with van der Waals surface area (Å²) >= 11 is 1.37. The van der Waals surface area contributed by atoms with Gasteiger partial charge in [0.05, 0.1) is 64.8 Å². The molecule has 0 unspecified atom stereocenters. The summed E-state index contributed by atoms with van der Waals surface area (Å²) < 4.78 is 36.8. The standard InChI is InChI=1S/C29H29FN6O6S/c1-16-9-18(25-21(10-16)35-24(39-4)15-31-25)26-36-20-11-19(30)22(12-23(20)43-26)40-7-8-42-28(37)34-17-13-32-27(33-14-17)41-6-5-29(2,3)38/h9-15,38H,5-8H2,1-4H3,(H,34,37). The van der Waals surface area contributed by atoms with Crippen molar-refractivity contribution in [3.8, 4) is 28.2 Å². The summed E-state index contributed by atoms with van der Waals surface area (Å²) in [6.07, 6.45) is 3.92. The zero-order chi connectivity index (χ0) is 30.6. The minimum Gasteiger partial charge on any atom is -0.487 e. The molecule has 0 radical (unpaired) electrons. The van der Waals surface area contributed by atoms with Crippen LogP contribution >= 0.6 is 11.3 Å². The SMILES string of the molecule is COc1cnc2c(-c3nc4cc(F)c(OCCOC(=O)Nc5cnc(OCCC(C)(C)O)nc5)cc4s3)cc(C)cc2n1. The highest BCUT2D eigenvalue weighted by molar-refractivity contribution is 7.21. The molecule has 0 aliphatic carbocycles. The highest BCUT2D eigenvalue weighted by Crippen LogP contribution is 2.37. The number of nitrogens with one attached hydrogen (secondary N) is 1. The number of thiazole rings is 1. The van der Waals surface area contributed by atoms with Crippen molar-refractivity contribution in [2.24, 2.45) is 0 Å². The maximum absolute atomic E-state index is 14.8. The molecule has 0 fully saturated rings. The minimum atomic E-state index is -0.860. The molecule has 0 aliphatic rings. The molecule has 224 valence electrons. The number of ether oxygens (including phenoxy) is 4. The third kappa shape index (κ3) is 7.59. The monoisotopic (exact) mass is 608 g/mol. The third-order valence-corrected chi connectivity index (χ3v) is 7.10. The number of aryl methyl sites for hydroxylation is 1. The molecule has 0 atom stereocenters. The molecule has 5 aromatic rings. The second-order valence-electron chi connectivity index (χ2n) is 10.1. The largest absolute Gasteiger partial charge is 0.487 e. The van der Waals surface area contributed by atoms with Gasteiger partial charge in [-0.25, -0.2) is 34.1 Å². The van der Waals surface area contributed by atoms with Gasteiger partial charge in [0, 0.05) is 24.1 Å². The number of halogens is 1. The number of rotatable bonds is 11. The van der Waals surface area contributed by atoms with Crippen LogP contribution < -0.4 is 19.5 Å². The lowest BCUT2D eigenvalue weighted by atomic mass is 10.1. The summed E-state index contributed by atoms with van der Waals surface area (Å²) in [5.41, 5.74) is 3.01. The van der Waals surface area contributed by atoms with E-state index in [-0.39, 0.29) is 31.6 Å². The lowest BCUT2D eigenvalue weighted by molar-refractivity contribution is 0.0539. The average molecular weight is 609 g/mol. The van der Waals surface area contributed by atoms with Crippen molar-refractivity contribution in [3.05, 3.63) is 54.2 Å². The molecule has 12 nitrogen and oxygen atoms in total. The first kappa shape index (κ1) is 29.8. The molecule has 0 saturated heterocycles. The van der Waals surface area contributed by atoms with Crippen LogP contribution in [0.1, 0.15) is 25.8 Å². The smallest absolute Gasteiger partial charge is 0.411 e. The number of aliphatic hydroxyl groups is 1. The van der Waals surface area contributed by atoms with Crippen LogP contribution in [0.2, 0.25) is 0 Å². The van der Waals surface area contributed by atoms with E-state index < -0.39 is 17.5 Å². The predicted molar refractivity (Wildman–Crippen MR) is 158 cm³/mol. The fourth-order valence-electron chi connectivity index (χ4n) is 3.95. The van der Waals surface area contributed by atoms with E-state index in [1.165, 1.54) is 36.9 Å². The summed E-state index contributed by atoms with van der Waals surface area (Å²) in [5, 5.41) is 12.9. The van der Waals surface area contributed by atoms with Gasteiger partial charge in [0.1, 0.15) is 18.2 Å². The molecule has 0 bridgehead atoms. The van der Waals surface area contributed by atoms with Crippen molar-refractivity contribution >= 4 is 44.4 Å². The first-order valence-electron chi connectivity index (χ1n) is 13.2. The van der Waals surface area contributed by atoms with E-state index in [4.69, 9.17) is 18.9 Å². The number of hydrogen-bond donors (Lipinski definition) is 2. The van der Waals surface area contributed by atoms with Crippen LogP contribution in [-0.4, -0.2) is 68.7 Å². The maximum atomic E-state index is 14.8. The van der Waals surface area contributed by atoms with Crippen molar-refractivity contribution in [3.63, 3.8) is 0 Å². The summed E-state index contributed by atoms with van der Waals surface area (Å²) in [7, 11) is 1.53. The maximum Gasteiger partial charge on any atom is 0.411 e. The van der Waals surface area contributed by atoms with Gasteiger partial charge in [0.2, 0.25) is 5.88 Å². The minimum absolute atomic E-state index is 0.0129. The van der Waals surface area contributed by atoms with E-state index in [2.05, 4.69) is 30.2 Å². The van der Waals surface area contributed by atoms with E-state index in [0.29, 0.717) is 44.2 Å². The Kier molecular flexibility index (Phi) is 8.78. The third-order valence-electron chi connectivity index (χ3n) is 6.04. The number of fused-ring (bicyclic) bond motifs is 2. The summed E-state index contributed by atoms with van der Waals surface area (Å²) in [4.78, 5) is 33.7. The van der Waals surface area contributed by atoms with Crippen molar-refractivity contribution in [2.45, 2.75) is 32.8 Å². The van der Waals surface area contributed by atoms with Crippen molar-refractivity contribution in [1.29, 1.82) is 0 Å². The molecule has 1 amide bonds. The molecule has 43 heavy (non-hydrogen) atoms. The number of benzene rings is 2. The quantitative estimate of drug-likeness (QED) is 0.188. The highest BCUT2D eigenvalue weighted by atomic mass is 32.1. The van der Waals surface area contributed by atoms with Crippen LogP contribution in [0.25, 0.3) is 31.8 Å². The Bertz CT molecular complexity index is 1760. The first-order valence-corrected chi connectivity index (χ1v) is 14.1. The number of carbonyl (C=O) groups is 1. The summed E-state index contributed by atoms with van der Waals surface area (Å²) in [6.45, 7) is 5.34. The van der Waals surface area contributed by atoms with E-state index in [0.717, 1.165) is 11.1 Å². The Morgan fingerprint density at radius 2 is 1.79 bits per heavy atom. The van der Waals surface area contributed by atoms with E-state index in [1.807, 2.05) is 19.1 Å². The Labute approximate surface area is 249 Å². The number of hydrogen-bond acceptors (Lipinski definition) is 12. The van der Waals surface area contributed by atoms with Crippen molar-refractivity contribution in [1.82, 2.24) is 24.9 Å². The van der Waals surface area contributed by atoms with Gasteiger partial charge in [0.15, 0.2) is 11.6 Å². The van der Waals surface area contributed by atoms with Crippen LogP contribution in [0.4, 0.5) is 14.9 Å². The molecule has 0 saturated carbocycles. The summed E-state index contributed by atoms with van der Waals surface area (Å²) in [5.74, 6) is -0.166. The zero-order valence-electron chi connectivity index (χ0n) is 23.9. The van der Waals surface area contributed by atoms with E-state index in [1.54, 1.807) is 26.1 Å². The molecule has 0 aliphatic heterocycles. The fraction of sp³-hybridized carbons (Fsp3) is 0.310. The number of aromatic nitrogens is 5. The molecule has 3 heterocycles. The lowest BCUT2D eigenvalue weighted by Gasteiger charge is -2.16. The predicted octanol–water partition coefficient (Wildman–Crippen LogP) is 5.32. The van der Waals surface area contributed by atoms with Crippen LogP contribution in [-0.2, 0) is 4.74 Å². The van der Waals surface area contributed by atoms with Gasteiger partial charge >= 0.3 is 12.1 Å². The second kappa shape index (κ2) is 12.7. The average Bonchev–Trinajstić information content (AvgIpc) is 3.37. The molecular weight excluding hydrogens is 579 g/mol. The Morgan fingerprint density at radius 3 is 2.53 bits per heavy atom. The number of methoxy groups -OCH3 is 1. The summed E-state index contributed by atoms with van der Waals surface area (Å²) in [6, 6.07) is 6.87. The molecule has 2 aromatic carbocycles. The van der Waals surface area contributed by atoms with Gasteiger partial charge in [-0.2, -0.15) is 0 Å². The molecule has 0 spiro atoms. The number of amides is 1. The molecule has 3 aromatic heterocycles. The number of anilines is 1. The second-order valence-corrected chi connectivity index (χ2v) is 11.2. The highest BCUT2D eigenvalue weighted by Gasteiger charge is 2.16. The Hall–Kier alpha value is -4.69. The Balaban J connectivity index is 1.17. The van der Waals surface area contributed by atoms with Gasteiger partial charge in [-0.1, -0.05) is 0 Å². The Morgan fingerprint density at radius 1 is 1.00 bits per heavy atom. The van der Waals surface area contributed by atoms with E-state index >= 15 is 0 Å². The topological polar surface area (TPSA) is 151 Å². The van der Waals surface area contributed by atoms with Crippen LogP contribution in [0.5, 0.6) is 17.6 Å². The number of nitrogens with zero attached hydrogens (tertiary/aromatic N) is 5. The van der Waals surface area contributed by atoms with Gasteiger partial charge in [-0.3, -0.25) is 5.32 Å². The van der Waals surface area contributed by atoms with Gasteiger partial charge < -0.3 is 24.1 Å². The molecule has 14 heteroatoms. The van der Waals surface area contributed by atoms with Crippen LogP contribution in [0.15, 0.2) is 42.9 Å². The lowest BCUT2D eigenvalue weighted by Crippen LogP contribution is -2.22.